The maximum absolute atomic E-state index is 13.8. The van der Waals surface area contributed by atoms with Crippen LogP contribution in [0.15, 0.2) is 47.4 Å². The smallest absolute Gasteiger partial charge is 0.316 e. The van der Waals surface area contributed by atoms with Crippen LogP contribution in [0.2, 0.25) is 5.02 Å². The van der Waals surface area contributed by atoms with E-state index in [2.05, 4.69) is 10.0 Å². The predicted molar refractivity (Wildman–Crippen MR) is 81.9 cm³/mol. The summed E-state index contributed by atoms with van der Waals surface area (Å²) in [4.78, 5) is 10.2. The zero-order chi connectivity index (χ0) is 16.3. The lowest BCUT2D eigenvalue weighted by Gasteiger charge is -2.10. The van der Waals surface area contributed by atoms with Crippen LogP contribution in [0.5, 0.6) is 0 Å². The topological polar surface area (TPSA) is 101 Å². The number of sulfonamides is 1. The van der Waals surface area contributed by atoms with Crippen molar-refractivity contribution in [3.05, 3.63) is 53.3 Å². The van der Waals surface area contributed by atoms with Crippen molar-refractivity contribution in [2.45, 2.75) is 4.90 Å². The van der Waals surface area contributed by atoms with Crippen LogP contribution in [0.1, 0.15) is 0 Å². The van der Waals surface area contributed by atoms with Gasteiger partial charge in [-0.05, 0) is 30.3 Å². The van der Waals surface area contributed by atoms with Gasteiger partial charge in [-0.25, -0.2) is 17.6 Å². The maximum atomic E-state index is 13.8. The van der Waals surface area contributed by atoms with Gasteiger partial charge in [-0.1, -0.05) is 23.7 Å². The lowest BCUT2D eigenvalue weighted by Crippen LogP contribution is -2.19. The largest absolute Gasteiger partial charge is 0.351 e. The Morgan fingerprint density at radius 2 is 1.77 bits per heavy atom. The molecule has 4 N–H and O–H groups in total. The Kier molecular flexibility index (Phi) is 4.53. The number of nitrogens with two attached hydrogens (primary N) is 1. The lowest BCUT2D eigenvalue weighted by atomic mass is 10.3. The number of urea groups is 1. The zero-order valence-corrected chi connectivity index (χ0v) is 12.6. The summed E-state index contributed by atoms with van der Waals surface area (Å²) in [5, 5.41) is 2.00. The van der Waals surface area contributed by atoms with E-state index in [4.69, 9.17) is 17.3 Å². The van der Waals surface area contributed by atoms with Gasteiger partial charge in [0.05, 0.1) is 10.7 Å². The van der Waals surface area contributed by atoms with Gasteiger partial charge >= 0.3 is 6.03 Å². The third kappa shape index (κ3) is 3.66. The lowest BCUT2D eigenvalue weighted by molar-refractivity contribution is 0.259. The van der Waals surface area contributed by atoms with Crippen molar-refractivity contribution in [2.24, 2.45) is 5.73 Å². The maximum Gasteiger partial charge on any atom is 0.316 e. The Hall–Kier alpha value is -2.32. The fraction of sp³-hybridized carbons (Fsp3) is 0. The number of primary amides is 1. The molecule has 0 bridgehead atoms. The van der Waals surface area contributed by atoms with E-state index in [1.807, 2.05) is 0 Å². The summed E-state index contributed by atoms with van der Waals surface area (Å²) in [5.74, 6) is -1.04. The molecule has 6 nitrogen and oxygen atoms in total. The molecule has 0 aliphatic rings. The number of benzene rings is 2. The molecule has 0 aliphatic carbocycles. The monoisotopic (exact) mass is 343 g/mol. The van der Waals surface area contributed by atoms with Crippen molar-refractivity contribution in [3.63, 3.8) is 0 Å². The Balaban J connectivity index is 2.33. The summed E-state index contributed by atoms with van der Waals surface area (Å²) in [6.07, 6.45) is 0. The molecular formula is C13H11ClFN3O3S. The standard InChI is InChI=1S/C13H11ClFN3O3S/c14-10-5-2-6-11(12(10)15)22(20,21)18-9-4-1-3-8(7-9)17-13(16)19/h1-7,18H,(H3,16,17,19). The van der Waals surface area contributed by atoms with Gasteiger partial charge < -0.3 is 11.1 Å². The number of carbonyl (C=O) groups excluding carboxylic acids is 1. The zero-order valence-electron chi connectivity index (χ0n) is 11.0. The second-order valence-corrected chi connectivity index (χ2v) is 6.29. The molecule has 0 heterocycles. The third-order valence-electron chi connectivity index (χ3n) is 2.59. The second kappa shape index (κ2) is 6.20. The number of nitrogens with one attached hydrogen (secondary N) is 2. The van der Waals surface area contributed by atoms with Crippen LogP contribution in [0.25, 0.3) is 0 Å². The molecule has 0 aliphatic heterocycles. The minimum atomic E-state index is -4.17. The molecule has 0 atom stereocenters. The van der Waals surface area contributed by atoms with Crippen LogP contribution < -0.4 is 15.8 Å². The molecule has 0 aromatic heterocycles. The van der Waals surface area contributed by atoms with Crippen molar-refractivity contribution < 1.29 is 17.6 Å². The molecule has 0 fully saturated rings. The van der Waals surface area contributed by atoms with E-state index in [0.717, 1.165) is 6.07 Å². The van der Waals surface area contributed by atoms with Crippen molar-refractivity contribution in [1.82, 2.24) is 0 Å². The van der Waals surface area contributed by atoms with Gasteiger partial charge in [0.1, 0.15) is 4.90 Å². The first kappa shape index (κ1) is 16.1. The fourth-order valence-corrected chi connectivity index (χ4v) is 3.09. The molecule has 0 spiro atoms. The molecule has 2 amide bonds. The summed E-state index contributed by atoms with van der Waals surface area (Å²) in [6.45, 7) is 0. The molecule has 0 saturated carbocycles. The van der Waals surface area contributed by atoms with E-state index in [0.29, 0.717) is 5.69 Å². The first-order valence-electron chi connectivity index (χ1n) is 5.93. The summed E-state index contributed by atoms with van der Waals surface area (Å²) in [7, 11) is -4.17. The van der Waals surface area contributed by atoms with E-state index < -0.39 is 26.8 Å². The molecule has 2 aromatic carbocycles. The SMILES string of the molecule is NC(=O)Nc1cccc(NS(=O)(=O)c2cccc(Cl)c2F)c1. The molecule has 2 aromatic rings. The Labute approximate surface area is 131 Å². The summed E-state index contributed by atoms with van der Waals surface area (Å²) >= 11 is 5.58. The Morgan fingerprint density at radius 3 is 2.45 bits per heavy atom. The number of rotatable bonds is 4. The van der Waals surface area contributed by atoms with Crippen LogP contribution >= 0.6 is 11.6 Å². The van der Waals surface area contributed by atoms with Crippen molar-refractivity contribution in [1.29, 1.82) is 0 Å². The Morgan fingerprint density at radius 1 is 1.14 bits per heavy atom. The molecule has 2 rings (SSSR count). The average molecular weight is 344 g/mol. The van der Waals surface area contributed by atoms with Crippen LogP contribution in [-0.4, -0.2) is 14.4 Å². The highest BCUT2D eigenvalue weighted by Crippen LogP contribution is 2.24. The molecule has 9 heteroatoms. The quantitative estimate of drug-likeness (QED) is 0.795. The van der Waals surface area contributed by atoms with E-state index >= 15 is 0 Å². The van der Waals surface area contributed by atoms with Gasteiger partial charge in [0, 0.05) is 5.69 Å². The highest BCUT2D eigenvalue weighted by molar-refractivity contribution is 7.92. The van der Waals surface area contributed by atoms with Crippen LogP contribution in [0.3, 0.4) is 0 Å². The van der Waals surface area contributed by atoms with E-state index in [-0.39, 0.29) is 10.7 Å². The van der Waals surface area contributed by atoms with E-state index in [1.54, 1.807) is 0 Å². The third-order valence-corrected chi connectivity index (χ3v) is 4.28. The number of carbonyl (C=O) groups is 1. The van der Waals surface area contributed by atoms with Gasteiger partial charge in [0.2, 0.25) is 0 Å². The molecule has 0 saturated heterocycles. The van der Waals surface area contributed by atoms with Crippen LogP contribution in [0.4, 0.5) is 20.6 Å². The van der Waals surface area contributed by atoms with Gasteiger partial charge in [0.25, 0.3) is 10.0 Å². The predicted octanol–water partition coefficient (Wildman–Crippen LogP) is 2.77. The summed E-state index contributed by atoms with van der Waals surface area (Å²) < 4.78 is 40.4. The molecular weight excluding hydrogens is 333 g/mol. The van der Waals surface area contributed by atoms with E-state index in [1.165, 1.54) is 36.4 Å². The number of hydrogen-bond acceptors (Lipinski definition) is 3. The van der Waals surface area contributed by atoms with Crippen LogP contribution in [-0.2, 0) is 10.0 Å². The minimum Gasteiger partial charge on any atom is -0.351 e. The molecule has 116 valence electrons. The van der Waals surface area contributed by atoms with Gasteiger partial charge in [-0.3, -0.25) is 4.72 Å². The Bertz CT molecular complexity index is 827. The van der Waals surface area contributed by atoms with Crippen molar-refractivity contribution in [2.75, 3.05) is 10.0 Å². The second-order valence-electron chi connectivity index (χ2n) is 4.23. The number of halogens is 2. The minimum absolute atomic E-state index is 0.130. The number of amides is 2. The highest BCUT2D eigenvalue weighted by Gasteiger charge is 2.20. The number of hydrogen-bond donors (Lipinski definition) is 3. The molecule has 0 radical (unpaired) electrons. The first-order chi connectivity index (χ1) is 10.3. The van der Waals surface area contributed by atoms with E-state index in [9.17, 15) is 17.6 Å². The fourth-order valence-electron chi connectivity index (χ4n) is 1.70. The van der Waals surface area contributed by atoms with Crippen molar-refractivity contribution >= 4 is 39.0 Å². The number of anilines is 2. The summed E-state index contributed by atoms with van der Waals surface area (Å²) in [5.41, 5.74) is 5.40. The van der Waals surface area contributed by atoms with Gasteiger partial charge in [-0.15, -0.1) is 0 Å². The van der Waals surface area contributed by atoms with Crippen LogP contribution in [0, 0.1) is 5.82 Å². The average Bonchev–Trinajstić information content (AvgIpc) is 2.40. The van der Waals surface area contributed by atoms with Gasteiger partial charge in [-0.2, -0.15) is 0 Å². The molecule has 0 unspecified atom stereocenters. The molecule has 22 heavy (non-hydrogen) atoms. The van der Waals surface area contributed by atoms with Gasteiger partial charge in [0.15, 0.2) is 5.82 Å². The highest BCUT2D eigenvalue weighted by atomic mass is 35.5. The van der Waals surface area contributed by atoms with Crippen molar-refractivity contribution in [3.8, 4) is 0 Å². The first-order valence-corrected chi connectivity index (χ1v) is 7.79. The normalized spacial score (nSPS) is 11.0. The summed E-state index contributed by atoms with van der Waals surface area (Å²) in [6, 6.07) is 8.66.